The Morgan fingerprint density at radius 2 is 1.81 bits per heavy atom. The molecule has 4 amide bonds. The molecule has 0 aromatic heterocycles. The number of aryl methyl sites for hydroxylation is 2. The molecule has 4 rings (SSSR count). The van der Waals surface area contributed by atoms with Crippen LogP contribution < -0.4 is 15.5 Å². The molecule has 0 unspecified atom stereocenters. The van der Waals surface area contributed by atoms with E-state index in [2.05, 4.69) is 16.4 Å². The Hall–Kier alpha value is -3.15. The lowest BCUT2D eigenvalue weighted by Gasteiger charge is -2.30. The van der Waals surface area contributed by atoms with Crippen LogP contribution in [0.2, 0.25) is 0 Å². The first-order chi connectivity index (χ1) is 19.8. The molecule has 1 aromatic rings. The summed E-state index contributed by atoms with van der Waals surface area (Å²) in [5.74, 6) is -1.36. The van der Waals surface area contributed by atoms with Gasteiger partial charge in [0.1, 0.15) is 0 Å². The molecule has 3 aliphatic rings. The Labute approximate surface area is 244 Å². The van der Waals surface area contributed by atoms with Crippen LogP contribution in [0.15, 0.2) is 35.7 Å². The van der Waals surface area contributed by atoms with Gasteiger partial charge in [0, 0.05) is 31.8 Å². The number of benzene rings is 1. The Morgan fingerprint density at radius 1 is 1.07 bits per heavy atom. The molecule has 0 atom stereocenters. The summed E-state index contributed by atoms with van der Waals surface area (Å²) in [6, 6.07) is 4.52. The number of nitrogens with zero attached hydrogens (tertiary/aromatic N) is 2. The monoisotopic (exact) mass is 610 g/mol. The van der Waals surface area contributed by atoms with Crippen LogP contribution in [0.25, 0.3) is 0 Å². The molecule has 1 saturated carbocycles. The lowest BCUT2D eigenvalue weighted by molar-refractivity contribution is -0.147. The number of nitrogens with one attached hydrogen (secondary N) is 2. The largest absolute Gasteiger partial charge is 0.389 e. The van der Waals surface area contributed by atoms with Crippen molar-refractivity contribution in [2.75, 3.05) is 30.3 Å². The molecule has 230 valence electrons. The molecular weight excluding hydrogens is 573 g/mol. The molecule has 2 heterocycles. The zero-order valence-electron chi connectivity index (χ0n) is 23.6. The van der Waals surface area contributed by atoms with Crippen LogP contribution >= 0.6 is 0 Å². The van der Waals surface area contributed by atoms with E-state index in [1.165, 1.54) is 4.31 Å². The number of sulfonamides is 1. The van der Waals surface area contributed by atoms with E-state index < -0.39 is 34.6 Å². The Morgan fingerprint density at radius 3 is 2.45 bits per heavy atom. The summed E-state index contributed by atoms with van der Waals surface area (Å²) in [7, 11) is -3.71. The Bertz CT molecular complexity index is 1350. The molecule has 2 N–H and O–H groups in total. The fraction of sp³-hybridized carbons (Fsp3) is 0.586. The molecule has 2 fully saturated rings. The van der Waals surface area contributed by atoms with E-state index in [1.807, 2.05) is 0 Å². The summed E-state index contributed by atoms with van der Waals surface area (Å²) in [6.07, 6.45) is 0.00882. The maximum Gasteiger partial charge on any atom is 0.389 e. The van der Waals surface area contributed by atoms with Crippen molar-refractivity contribution >= 4 is 33.6 Å². The lowest BCUT2D eigenvalue weighted by atomic mass is 9.79. The smallest absolute Gasteiger partial charge is 0.328 e. The van der Waals surface area contributed by atoms with E-state index in [-0.39, 0.29) is 56.0 Å². The van der Waals surface area contributed by atoms with Gasteiger partial charge in [0.25, 0.3) is 5.91 Å². The van der Waals surface area contributed by atoms with Gasteiger partial charge in [0.15, 0.2) is 0 Å². The van der Waals surface area contributed by atoms with Gasteiger partial charge in [-0.1, -0.05) is 6.07 Å². The predicted molar refractivity (Wildman–Crippen MR) is 151 cm³/mol. The van der Waals surface area contributed by atoms with Crippen LogP contribution in [0.3, 0.4) is 0 Å². The van der Waals surface area contributed by atoms with Crippen molar-refractivity contribution in [1.82, 2.24) is 14.9 Å². The fourth-order valence-electron chi connectivity index (χ4n) is 5.77. The number of anilines is 1. The summed E-state index contributed by atoms with van der Waals surface area (Å²) in [4.78, 5) is 37.8. The number of rotatable bonds is 7. The quantitative estimate of drug-likeness (QED) is 0.353. The summed E-state index contributed by atoms with van der Waals surface area (Å²) in [6.45, 7) is 1.99. The Balaban J connectivity index is 1.33. The van der Waals surface area contributed by atoms with Crippen molar-refractivity contribution < 1.29 is 36.0 Å². The Kier molecular flexibility index (Phi) is 10.2. The lowest BCUT2D eigenvalue weighted by Crippen LogP contribution is -2.38. The highest BCUT2D eigenvalue weighted by molar-refractivity contribution is 7.89. The molecule has 1 saturated heterocycles. The third kappa shape index (κ3) is 8.45. The standard InChI is InChI=1S/C29H37F3N4O5S/c1-20-17-24(36-27(38)19-33-28(36)39)11-10-22(20)13-16-42(40,41)35-14-4-2-3-5-25(34-26(37)12-15-35)23-8-6-21(7-9-23)18-29(30,31)32/h3,10-11,17,21,23H,2,4,6-9,12-16,18-19H2,1H3,(H,33,39)(H,34,37). The van der Waals surface area contributed by atoms with Gasteiger partial charge < -0.3 is 10.6 Å². The second-order valence-electron chi connectivity index (χ2n) is 11.2. The number of urea groups is 1. The van der Waals surface area contributed by atoms with E-state index in [4.69, 9.17) is 0 Å². The van der Waals surface area contributed by atoms with Gasteiger partial charge >= 0.3 is 12.2 Å². The molecule has 0 spiro atoms. The minimum Gasteiger partial charge on any atom is -0.328 e. The molecule has 0 radical (unpaired) electrons. The van der Waals surface area contributed by atoms with E-state index >= 15 is 0 Å². The van der Waals surface area contributed by atoms with Crippen LogP contribution in [-0.4, -0.2) is 62.1 Å². The minimum absolute atomic E-state index is 0.0177. The zero-order chi connectivity index (χ0) is 30.5. The van der Waals surface area contributed by atoms with Gasteiger partial charge in [-0.15, -0.1) is 5.73 Å². The highest BCUT2D eigenvalue weighted by atomic mass is 32.2. The maximum absolute atomic E-state index is 13.3. The predicted octanol–water partition coefficient (Wildman–Crippen LogP) is 4.32. The number of allylic oxidation sites excluding steroid dienone is 1. The van der Waals surface area contributed by atoms with Crippen molar-refractivity contribution in [2.45, 2.75) is 70.9 Å². The van der Waals surface area contributed by atoms with E-state index in [0.717, 1.165) is 16.0 Å². The van der Waals surface area contributed by atoms with Crippen molar-refractivity contribution in [3.05, 3.63) is 46.8 Å². The number of amides is 4. The molecule has 1 aliphatic carbocycles. The van der Waals surface area contributed by atoms with Gasteiger partial charge in [-0.25, -0.2) is 22.4 Å². The average Bonchev–Trinajstić information content (AvgIpc) is 3.23. The van der Waals surface area contributed by atoms with Gasteiger partial charge in [0.2, 0.25) is 15.9 Å². The highest BCUT2D eigenvalue weighted by Gasteiger charge is 2.35. The number of alkyl halides is 3. The average molecular weight is 611 g/mol. The topological polar surface area (TPSA) is 116 Å². The highest BCUT2D eigenvalue weighted by Crippen LogP contribution is 2.38. The van der Waals surface area contributed by atoms with E-state index in [9.17, 15) is 36.0 Å². The number of imide groups is 1. The summed E-state index contributed by atoms with van der Waals surface area (Å²) < 4.78 is 66.3. The first-order valence-corrected chi connectivity index (χ1v) is 15.9. The number of carbonyl (C=O) groups is 3. The summed E-state index contributed by atoms with van der Waals surface area (Å²) >= 11 is 0. The van der Waals surface area contributed by atoms with Crippen molar-refractivity contribution in [2.24, 2.45) is 11.8 Å². The summed E-state index contributed by atoms with van der Waals surface area (Å²) in [5.41, 5.74) is 5.66. The first kappa shape index (κ1) is 31.8. The SMILES string of the molecule is Cc1cc(N2C(=O)CNC2=O)ccc1CCS(=O)(=O)N1CCCC=C=C(C2CCC(CC(F)(F)F)CC2)NC(=O)CC1. The van der Waals surface area contributed by atoms with E-state index in [1.54, 1.807) is 31.2 Å². The summed E-state index contributed by atoms with van der Waals surface area (Å²) in [5, 5.41) is 5.32. The number of halogens is 3. The second-order valence-corrected chi connectivity index (χ2v) is 13.3. The van der Waals surface area contributed by atoms with Crippen LogP contribution in [0.4, 0.5) is 23.7 Å². The van der Waals surface area contributed by atoms with Crippen molar-refractivity contribution in [3.63, 3.8) is 0 Å². The molecule has 2 aliphatic heterocycles. The minimum atomic E-state index is -4.18. The molecule has 1 aromatic carbocycles. The molecule has 13 heteroatoms. The van der Waals surface area contributed by atoms with Crippen LogP contribution in [0.1, 0.15) is 62.5 Å². The van der Waals surface area contributed by atoms with Gasteiger partial charge in [-0.05, 0) is 87.1 Å². The number of hydrogen-bond donors (Lipinski definition) is 2. The third-order valence-electron chi connectivity index (χ3n) is 8.10. The second kappa shape index (κ2) is 13.4. The van der Waals surface area contributed by atoms with Crippen molar-refractivity contribution in [1.29, 1.82) is 0 Å². The zero-order valence-corrected chi connectivity index (χ0v) is 24.5. The van der Waals surface area contributed by atoms with Gasteiger partial charge in [-0.2, -0.15) is 13.2 Å². The van der Waals surface area contributed by atoms with Crippen LogP contribution in [0, 0.1) is 18.8 Å². The van der Waals surface area contributed by atoms with Gasteiger partial charge in [0.05, 0.1) is 23.7 Å². The maximum atomic E-state index is 13.3. The number of carbonyl (C=O) groups excluding carboxylic acids is 3. The van der Waals surface area contributed by atoms with Gasteiger partial charge in [-0.3, -0.25) is 9.59 Å². The third-order valence-corrected chi connectivity index (χ3v) is 9.97. The number of hydrogen-bond acceptors (Lipinski definition) is 5. The normalized spacial score (nSPS) is 23.3. The van der Waals surface area contributed by atoms with Crippen LogP contribution in [-0.2, 0) is 26.0 Å². The van der Waals surface area contributed by atoms with Crippen molar-refractivity contribution in [3.8, 4) is 0 Å². The molecule has 0 bridgehead atoms. The fourth-order valence-corrected chi connectivity index (χ4v) is 7.28. The first-order valence-electron chi connectivity index (χ1n) is 14.3. The van der Waals surface area contributed by atoms with E-state index in [0.29, 0.717) is 49.9 Å². The molecule has 42 heavy (non-hydrogen) atoms. The van der Waals surface area contributed by atoms with Crippen LogP contribution in [0.5, 0.6) is 0 Å². The molecular formula is C29H37F3N4O5S. The molecule has 9 nitrogen and oxygen atoms in total.